The molecule has 0 bridgehead atoms. The average molecular weight is 309 g/mol. The third kappa shape index (κ3) is 3.30. The van der Waals surface area contributed by atoms with E-state index in [-0.39, 0.29) is 5.91 Å². The summed E-state index contributed by atoms with van der Waals surface area (Å²) in [6, 6.07) is 8.67. The van der Waals surface area contributed by atoms with Gasteiger partial charge in [-0.3, -0.25) is 4.79 Å². The molecule has 20 heavy (non-hydrogen) atoms. The van der Waals surface area contributed by atoms with E-state index in [1.807, 2.05) is 19.9 Å². The topological polar surface area (TPSA) is 42.0 Å². The molecule has 0 aliphatic heterocycles. The van der Waals surface area contributed by atoms with Crippen LogP contribution in [0.3, 0.4) is 0 Å². The van der Waals surface area contributed by atoms with E-state index in [0.29, 0.717) is 21.4 Å². The second kappa shape index (κ2) is 6.25. The monoisotopic (exact) mass is 308 g/mol. The minimum atomic E-state index is -0.227. The molecular weight excluding hydrogens is 295 g/mol. The lowest BCUT2D eigenvalue weighted by Crippen LogP contribution is -2.13. The molecule has 0 fully saturated rings. The van der Waals surface area contributed by atoms with Gasteiger partial charge in [0, 0.05) is 22.0 Å². The van der Waals surface area contributed by atoms with Crippen molar-refractivity contribution in [2.24, 2.45) is 0 Å². The standard InChI is InChI=1S/C15H14Cl2N2O/c1-3-11-7-10(8-14(17)18-11)15(20)19-13-6-4-5-12(16)9(13)2/h4-8H,3H2,1-2H3,(H,19,20). The summed E-state index contributed by atoms with van der Waals surface area (Å²) in [5.74, 6) is -0.227. The van der Waals surface area contributed by atoms with Crippen LogP contribution in [-0.4, -0.2) is 10.9 Å². The van der Waals surface area contributed by atoms with Crippen LogP contribution in [-0.2, 0) is 6.42 Å². The Kier molecular flexibility index (Phi) is 4.63. The molecule has 0 saturated carbocycles. The molecule has 5 heteroatoms. The predicted molar refractivity (Wildman–Crippen MR) is 82.8 cm³/mol. The van der Waals surface area contributed by atoms with Gasteiger partial charge >= 0.3 is 0 Å². The number of aryl methyl sites for hydroxylation is 1. The number of nitrogens with zero attached hydrogens (tertiary/aromatic N) is 1. The summed E-state index contributed by atoms with van der Waals surface area (Å²) in [5.41, 5.74) is 2.79. The van der Waals surface area contributed by atoms with E-state index < -0.39 is 0 Å². The average Bonchev–Trinajstić information content (AvgIpc) is 2.43. The molecule has 1 amide bonds. The summed E-state index contributed by atoms with van der Waals surface area (Å²) >= 11 is 12.0. The van der Waals surface area contributed by atoms with E-state index in [9.17, 15) is 4.79 Å². The van der Waals surface area contributed by atoms with Gasteiger partial charge in [0.1, 0.15) is 5.15 Å². The Balaban J connectivity index is 2.28. The molecule has 104 valence electrons. The fourth-order valence-electron chi connectivity index (χ4n) is 1.80. The van der Waals surface area contributed by atoms with Crippen LogP contribution < -0.4 is 5.32 Å². The molecule has 3 nitrogen and oxygen atoms in total. The first-order chi connectivity index (χ1) is 9.51. The summed E-state index contributed by atoms with van der Waals surface area (Å²) in [4.78, 5) is 16.4. The molecule has 0 aliphatic rings. The van der Waals surface area contributed by atoms with Gasteiger partial charge in [-0.15, -0.1) is 0 Å². The highest BCUT2D eigenvalue weighted by Crippen LogP contribution is 2.23. The van der Waals surface area contributed by atoms with Crippen LogP contribution in [0.15, 0.2) is 30.3 Å². The minimum absolute atomic E-state index is 0.227. The molecule has 1 aromatic heterocycles. The molecule has 0 aliphatic carbocycles. The van der Waals surface area contributed by atoms with Gasteiger partial charge in [-0.2, -0.15) is 0 Å². The zero-order valence-corrected chi connectivity index (χ0v) is 12.7. The number of anilines is 1. The number of nitrogens with one attached hydrogen (secondary N) is 1. The van der Waals surface area contributed by atoms with E-state index in [1.165, 1.54) is 0 Å². The lowest BCUT2D eigenvalue weighted by Gasteiger charge is -2.10. The molecule has 0 unspecified atom stereocenters. The van der Waals surface area contributed by atoms with Crippen molar-refractivity contribution in [1.82, 2.24) is 4.98 Å². The van der Waals surface area contributed by atoms with Crippen molar-refractivity contribution in [1.29, 1.82) is 0 Å². The Labute approximate surface area is 127 Å². The quantitative estimate of drug-likeness (QED) is 0.848. The Morgan fingerprint density at radius 1 is 1.30 bits per heavy atom. The van der Waals surface area contributed by atoms with Crippen LogP contribution >= 0.6 is 23.2 Å². The maximum absolute atomic E-state index is 12.3. The van der Waals surface area contributed by atoms with Crippen LogP contribution in [0, 0.1) is 6.92 Å². The number of carbonyl (C=O) groups is 1. The Hall–Kier alpha value is -1.58. The lowest BCUT2D eigenvalue weighted by molar-refractivity contribution is 0.102. The van der Waals surface area contributed by atoms with Crippen molar-refractivity contribution in [2.45, 2.75) is 20.3 Å². The zero-order valence-electron chi connectivity index (χ0n) is 11.2. The normalized spacial score (nSPS) is 10.4. The summed E-state index contributed by atoms with van der Waals surface area (Å²) in [5, 5.41) is 3.77. The molecule has 0 radical (unpaired) electrons. The first-order valence-corrected chi connectivity index (χ1v) is 6.99. The number of carbonyl (C=O) groups excluding carboxylic acids is 1. The number of amides is 1. The van der Waals surface area contributed by atoms with Gasteiger partial charge < -0.3 is 5.32 Å². The van der Waals surface area contributed by atoms with Gasteiger partial charge in [-0.1, -0.05) is 36.2 Å². The summed E-state index contributed by atoms with van der Waals surface area (Å²) in [6.07, 6.45) is 0.719. The molecular formula is C15H14Cl2N2O. The smallest absolute Gasteiger partial charge is 0.255 e. The van der Waals surface area contributed by atoms with Gasteiger partial charge in [0.05, 0.1) is 0 Å². The Morgan fingerprint density at radius 3 is 2.75 bits per heavy atom. The van der Waals surface area contributed by atoms with Gasteiger partial charge in [-0.25, -0.2) is 4.98 Å². The third-order valence-electron chi connectivity index (χ3n) is 2.99. The molecule has 2 aromatic rings. The molecule has 0 atom stereocenters. The van der Waals surface area contributed by atoms with Gasteiger partial charge in [0.2, 0.25) is 0 Å². The van der Waals surface area contributed by atoms with Crippen LogP contribution in [0.2, 0.25) is 10.2 Å². The fraction of sp³-hybridized carbons (Fsp3) is 0.200. The van der Waals surface area contributed by atoms with Crippen molar-refractivity contribution in [3.8, 4) is 0 Å². The van der Waals surface area contributed by atoms with Gasteiger partial charge in [0.15, 0.2) is 0 Å². The molecule has 1 N–H and O–H groups in total. The SMILES string of the molecule is CCc1cc(C(=O)Nc2cccc(Cl)c2C)cc(Cl)n1. The van der Waals surface area contributed by atoms with Gasteiger partial charge in [-0.05, 0) is 43.2 Å². The number of hydrogen-bond donors (Lipinski definition) is 1. The van der Waals surface area contributed by atoms with Crippen LogP contribution in [0.1, 0.15) is 28.5 Å². The van der Waals surface area contributed by atoms with E-state index in [1.54, 1.807) is 24.3 Å². The number of halogens is 2. The number of aromatic nitrogens is 1. The predicted octanol–water partition coefficient (Wildman–Crippen LogP) is 4.51. The second-order valence-corrected chi connectivity index (χ2v) is 5.18. The van der Waals surface area contributed by atoms with E-state index in [4.69, 9.17) is 23.2 Å². The second-order valence-electron chi connectivity index (χ2n) is 4.39. The fourth-order valence-corrected chi connectivity index (χ4v) is 2.20. The highest BCUT2D eigenvalue weighted by atomic mass is 35.5. The Morgan fingerprint density at radius 2 is 2.05 bits per heavy atom. The van der Waals surface area contributed by atoms with Crippen LogP contribution in [0.5, 0.6) is 0 Å². The third-order valence-corrected chi connectivity index (χ3v) is 3.59. The maximum atomic E-state index is 12.3. The van der Waals surface area contributed by atoms with E-state index >= 15 is 0 Å². The Bertz CT molecular complexity index is 656. The first-order valence-electron chi connectivity index (χ1n) is 6.24. The van der Waals surface area contributed by atoms with Crippen molar-refractivity contribution < 1.29 is 4.79 Å². The number of benzene rings is 1. The summed E-state index contributed by atoms with van der Waals surface area (Å²) in [7, 11) is 0. The molecule has 2 rings (SSSR count). The molecule has 1 aromatic carbocycles. The molecule has 0 saturated heterocycles. The van der Waals surface area contributed by atoms with Crippen LogP contribution in [0.25, 0.3) is 0 Å². The number of pyridine rings is 1. The van der Waals surface area contributed by atoms with Gasteiger partial charge in [0.25, 0.3) is 5.91 Å². The van der Waals surface area contributed by atoms with Crippen molar-refractivity contribution in [3.05, 3.63) is 57.3 Å². The van der Waals surface area contributed by atoms with E-state index in [2.05, 4.69) is 10.3 Å². The van der Waals surface area contributed by atoms with Crippen LogP contribution in [0.4, 0.5) is 5.69 Å². The number of hydrogen-bond acceptors (Lipinski definition) is 2. The lowest BCUT2D eigenvalue weighted by atomic mass is 10.1. The summed E-state index contributed by atoms with van der Waals surface area (Å²) in [6.45, 7) is 3.82. The highest BCUT2D eigenvalue weighted by molar-refractivity contribution is 6.32. The first kappa shape index (κ1) is 14.8. The van der Waals surface area contributed by atoms with E-state index in [0.717, 1.165) is 17.7 Å². The molecule has 0 spiro atoms. The largest absolute Gasteiger partial charge is 0.322 e. The highest BCUT2D eigenvalue weighted by Gasteiger charge is 2.11. The zero-order chi connectivity index (χ0) is 14.7. The maximum Gasteiger partial charge on any atom is 0.255 e. The van der Waals surface area contributed by atoms with Crippen molar-refractivity contribution in [2.75, 3.05) is 5.32 Å². The minimum Gasteiger partial charge on any atom is -0.322 e. The van der Waals surface area contributed by atoms with Crippen molar-refractivity contribution in [3.63, 3.8) is 0 Å². The van der Waals surface area contributed by atoms with Crippen molar-refractivity contribution >= 4 is 34.8 Å². The number of rotatable bonds is 3. The molecule has 1 heterocycles. The summed E-state index contributed by atoms with van der Waals surface area (Å²) < 4.78 is 0.